The summed E-state index contributed by atoms with van der Waals surface area (Å²) < 4.78 is 68.3. The third-order valence-corrected chi connectivity index (χ3v) is 18.9. The molecule has 0 radical (unpaired) electrons. The molecule has 0 aliphatic carbocycles. The van der Waals surface area contributed by atoms with Crippen molar-refractivity contribution < 1.29 is 80.2 Å². The van der Waals surface area contributed by atoms with Gasteiger partial charge >= 0.3 is 39.5 Å². The number of carbonyl (C=O) groups is 4. The number of aliphatic hydroxyl groups excluding tert-OH is 1. The van der Waals surface area contributed by atoms with Gasteiger partial charge in [-0.05, 0) is 31.6 Å². The summed E-state index contributed by atoms with van der Waals surface area (Å²) >= 11 is 0. The van der Waals surface area contributed by atoms with Crippen LogP contribution in [0, 0.1) is 5.92 Å². The fourth-order valence-corrected chi connectivity index (χ4v) is 12.8. The van der Waals surface area contributed by atoms with Crippen molar-refractivity contribution in [3.8, 4) is 0 Å². The minimum Gasteiger partial charge on any atom is -0.462 e. The first-order valence-electron chi connectivity index (χ1n) is 38.1. The topological polar surface area (TPSA) is 237 Å². The number of phosphoric ester groups is 2. The van der Waals surface area contributed by atoms with Gasteiger partial charge in [0.2, 0.25) is 0 Å². The Morgan fingerprint density at radius 3 is 0.739 bits per heavy atom. The minimum absolute atomic E-state index is 0.105. The summed E-state index contributed by atoms with van der Waals surface area (Å²) in [6.07, 6.45) is 54.3. The second-order valence-corrected chi connectivity index (χ2v) is 29.7. The van der Waals surface area contributed by atoms with Crippen molar-refractivity contribution in [1.82, 2.24) is 0 Å². The number of hydrogen-bond acceptors (Lipinski definition) is 15. The Kier molecular flexibility index (Phi) is 64.9. The van der Waals surface area contributed by atoms with Crippen LogP contribution in [0.4, 0.5) is 0 Å². The first kappa shape index (κ1) is 90.1. The van der Waals surface area contributed by atoms with Gasteiger partial charge in [0.25, 0.3) is 0 Å². The van der Waals surface area contributed by atoms with E-state index in [0.29, 0.717) is 25.7 Å². The zero-order valence-electron chi connectivity index (χ0n) is 59.7. The van der Waals surface area contributed by atoms with Crippen LogP contribution in [0.3, 0.4) is 0 Å². The summed E-state index contributed by atoms with van der Waals surface area (Å²) in [6.45, 7) is 7.19. The van der Waals surface area contributed by atoms with Crippen molar-refractivity contribution in [2.75, 3.05) is 39.6 Å². The van der Waals surface area contributed by atoms with Crippen molar-refractivity contribution in [2.24, 2.45) is 5.92 Å². The zero-order valence-corrected chi connectivity index (χ0v) is 61.5. The Morgan fingerprint density at radius 2 is 0.500 bits per heavy atom. The third kappa shape index (κ3) is 66.7. The van der Waals surface area contributed by atoms with Gasteiger partial charge < -0.3 is 33.8 Å². The molecule has 2 unspecified atom stereocenters. The molecule has 0 saturated carbocycles. The fraction of sp³-hybridized carbons (Fsp3) is 0.945. The van der Waals surface area contributed by atoms with Crippen LogP contribution >= 0.6 is 15.6 Å². The highest BCUT2D eigenvalue weighted by Crippen LogP contribution is 2.45. The molecule has 0 spiro atoms. The first-order chi connectivity index (χ1) is 44.5. The largest absolute Gasteiger partial charge is 0.472 e. The monoisotopic (exact) mass is 1350 g/mol. The number of hydrogen-bond donors (Lipinski definition) is 3. The number of carbonyl (C=O) groups excluding carboxylic acids is 4. The Morgan fingerprint density at radius 1 is 0.293 bits per heavy atom. The standard InChI is InChI=1S/C73H142O17P2/c1-6-9-12-15-18-21-23-25-26-27-28-29-30-31-32-33-35-37-43-48-53-58-72(77)89-69(63-84-71(76)57-52-47-42-36-34-24-22-19-16-13-10-7-2)65-88-92(81,82)86-61-67(74)60-85-91(79,80)87-64-68(62-83-70(75)56-51-46-41-20-17-14-11-8-3)90-73(78)59-54-49-44-39-38-40-45-50-55-66(4)5/h66-69,74H,6-65H2,1-5H3,(H,79,80)(H,81,82)/t67-,68+,69+/m0/s1. The lowest BCUT2D eigenvalue weighted by atomic mass is 10.0. The van der Waals surface area contributed by atoms with E-state index in [1.807, 2.05) is 0 Å². The molecule has 0 aromatic carbocycles. The van der Waals surface area contributed by atoms with Crippen LogP contribution in [-0.4, -0.2) is 96.7 Å². The quantitative estimate of drug-likeness (QED) is 0.0222. The maximum atomic E-state index is 13.0. The Hall–Kier alpha value is -1.94. The minimum atomic E-state index is -4.95. The lowest BCUT2D eigenvalue weighted by Crippen LogP contribution is -2.30. The summed E-state index contributed by atoms with van der Waals surface area (Å²) in [6, 6.07) is 0. The number of rotatable bonds is 73. The van der Waals surface area contributed by atoms with Gasteiger partial charge in [-0.1, -0.05) is 330 Å². The third-order valence-electron chi connectivity index (χ3n) is 17.0. The lowest BCUT2D eigenvalue weighted by Gasteiger charge is -2.21. The summed E-state index contributed by atoms with van der Waals surface area (Å²) in [5.74, 6) is -1.40. The van der Waals surface area contributed by atoms with Gasteiger partial charge in [0.05, 0.1) is 26.4 Å². The van der Waals surface area contributed by atoms with Gasteiger partial charge in [-0.15, -0.1) is 0 Å². The summed E-state index contributed by atoms with van der Waals surface area (Å²) in [4.78, 5) is 72.5. The molecule has 546 valence electrons. The Balaban J connectivity index is 5.15. The summed E-state index contributed by atoms with van der Waals surface area (Å²) in [5, 5.41) is 10.6. The van der Waals surface area contributed by atoms with Crippen molar-refractivity contribution in [3.63, 3.8) is 0 Å². The SMILES string of the molecule is CCCCCCCCCCCCCCCCCCCCCCCC(=O)O[C@H](COC(=O)CCCCCCCCCCCCCC)COP(=O)(O)OC[C@@H](O)COP(=O)(O)OC[C@@H](COC(=O)CCCCCCCCCC)OC(=O)CCCCCCCCCCC(C)C. The smallest absolute Gasteiger partial charge is 0.462 e. The number of unbranched alkanes of at least 4 members (excludes halogenated alkanes) is 45. The van der Waals surface area contributed by atoms with Gasteiger partial charge in [-0.25, -0.2) is 9.13 Å². The predicted molar refractivity (Wildman–Crippen MR) is 372 cm³/mol. The molecule has 0 amide bonds. The molecule has 0 aliphatic heterocycles. The highest BCUT2D eigenvalue weighted by molar-refractivity contribution is 7.47. The maximum absolute atomic E-state index is 13.0. The number of aliphatic hydroxyl groups is 1. The van der Waals surface area contributed by atoms with Gasteiger partial charge in [0.1, 0.15) is 19.3 Å². The van der Waals surface area contributed by atoms with Gasteiger partial charge in [-0.3, -0.25) is 37.3 Å². The van der Waals surface area contributed by atoms with E-state index in [1.165, 1.54) is 199 Å². The van der Waals surface area contributed by atoms with Crippen molar-refractivity contribution in [2.45, 2.75) is 400 Å². The van der Waals surface area contributed by atoms with E-state index < -0.39 is 97.5 Å². The highest BCUT2D eigenvalue weighted by atomic mass is 31.2. The second-order valence-electron chi connectivity index (χ2n) is 26.8. The molecule has 92 heavy (non-hydrogen) atoms. The van der Waals surface area contributed by atoms with Crippen LogP contribution in [-0.2, 0) is 65.4 Å². The number of phosphoric acid groups is 2. The lowest BCUT2D eigenvalue weighted by molar-refractivity contribution is -0.161. The van der Waals surface area contributed by atoms with Crippen molar-refractivity contribution >= 4 is 39.5 Å². The van der Waals surface area contributed by atoms with E-state index in [4.69, 9.17) is 37.0 Å². The molecule has 5 atom stereocenters. The molecule has 19 heteroatoms. The molecule has 0 aromatic heterocycles. The van der Waals surface area contributed by atoms with Crippen LogP contribution in [0.2, 0.25) is 0 Å². The second kappa shape index (κ2) is 66.3. The summed E-state index contributed by atoms with van der Waals surface area (Å²) in [5.41, 5.74) is 0. The van der Waals surface area contributed by atoms with Gasteiger partial charge in [-0.2, -0.15) is 0 Å². The van der Waals surface area contributed by atoms with Crippen LogP contribution in [0.25, 0.3) is 0 Å². The van der Waals surface area contributed by atoms with Crippen LogP contribution < -0.4 is 0 Å². The maximum Gasteiger partial charge on any atom is 0.472 e. The average Bonchev–Trinajstić information content (AvgIpc) is 1.55. The molecule has 0 aromatic rings. The molecule has 3 N–H and O–H groups in total. The van der Waals surface area contributed by atoms with E-state index in [1.54, 1.807) is 0 Å². The fourth-order valence-electron chi connectivity index (χ4n) is 11.2. The highest BCUT2D eigenvalue weighted by Gasteiger charge is 2.30. The molecule has 0 heterocycles. The van der Waals surface area contributed by atoms with Crippen LogP contribution in [0.5, 0.6) is 0 Å². The van der Waals surface area contributed by atoms with E-state index in [2.05, 4.69) is 34.6 Å². The number of esters is 4. The van der Waals surface area contributed by atoms with E-state index in [-0.39, 0.29) is 25.7 Å². The van der Waals surface area contributed by atoms with Crippen LogP contribution in [0.1, 0.15) is 381 Å². The van der Waals surface area contributed by atoms with Crippen LogP contribution in [0.15, 0.2) is 0 Å². The number of ether oxygens (including phenoxy) is 4. The Labute approximate surface area is 562 Å². The van der Waals surface area contributed by atoms with Gasteiger partial charge in [0, 0.05) is 25.7 Å². The first-order valence-corrected chi connectivity index (χ1v) is 41.1. The Bertz CT molecular complexity index is 1770. The molecular formula is C73H142O17P2. The van der Waals surface area contributed by atoms with Crippen molar-refractivity contribution in [3.05, 3.63) is 0 Å². The van der Waals surface area contributed by atoms with E-state index >= 15 is 0 Å². The normalized spacial score (nSPS) is 14.0. The molecule has 0 saturated heterocycles. The van der Waals surface area contributed by atoms with E-state index in [0.717, 1.165) is 102 Å². The molecule has 17 nitrogen and oxygen atoms in total. The molecule has 0 fully saturated rings. The molecule has 0 aliphatic rings. The molecular weight excluding hydrogens is 1210 g/mol. The average molecular weight is 1350 g/mol. The predicted octanol–water partition coefficient (Wildman–Crippen LogP) is 21.3. The molecule has 0 bridgehead atoms. The molecule has 0 rings (SSSR count). The van der Waals surface area contributed by atoms with Gasteiger partial charge in [0.15, 0.2) is 12.2 Å². The zero-order chi connectivity index (χ0) is 67.7. The van der Waals surface area contributed by atoms with Crippen molar-refractivity contribution in [1.29, 1.82) is 0 Å². The summed E-state index contributed by atoms with van der Waals surface area (Å²) in [7, 11) is -9.90. The van der Waals surface area contributed by atoms with E-state index in [9.17, 15) is 43.2 Å².